The summed E-state index contributed by atoms with van der Waals surface area (Å²) in [6, 6.07) is 11.5. The fourth-order valence-corrected chi connectivity index (χ4v) is 4.68. The van der Waals surface area contributed by atoms with Gasteiger partial charge < -0.3 is 27.2 Å². The van der Waals surface area contributed by atoms with Gasteiger partial charge >= 0.3 is 6.18 Å². The number of rotatable bonds is 6. The Morgan fingerprint density at radius 2 is 1.76 bits per heavy atom. The summed E-state index contributed by atoms with van der Waals surface area (Å²) in [5.41, 5.74) is 2.25. The lowest BCUT2D eigenvalue weighted by Gasteiger charge is -2.21. The van der Waals surface area contributed by atoms with Crippen LogP contribution in [0.15, 0.2) is 42.5 Å². The van der Waals surface area contributed by atoms with E-state index in [4.69, 9.17) is 0 Å². The normalized spacial score (nSPS) is 13.7. The maximum absolute atomic E-state index is 13.4. The molecule has 34 heavy (non-hydrogen) atoms. The number of imidazole rings is 1. The topological polar surface area (TPSA) is 41.2 Å². The molecule has 0 spiro atoms. The zero-order valence-electron chi connectivity index (χ0n) is 19.5. The minimum Gasteiger partial charge on any atom is -1.00 e. The molecular formula is C25H30BrF3N4O. The van der Waals surface area contributed by atoms with E-state index in [1.807, 2.05) is 24.3 Å². The number of aromatic nitrogens is 2. The highest BCUT2D eigenvalue weighted by molar-refractivity contribution is 5.91. The van der Waals surface area contributed by atoms with Crippen LogP contribution in [0.5, 0.6) is 0 Å². The van der Waals surface area contributed by atoms with Gasteiger partial charge in [0, 0.05) is 37.0 Å². The molecule has 1 aliphatic rings. The third-order valence-electron chi connectivity index (χ3n) is 6.37. The molecule has 5 nitrogen and oxygen atoms in total. The molecule has 2 heterocycles. The fourth-order valence-electron chi connectivity index (χ4n) is 4.68. The zero-order valence-corrected chi connectivity index (χ0v) is 21.0. The van der Waals surface area contributed by atoms with Gasteiger partial charge in [-0.05, 0) is 69.5 Å². The van der Waals surface area contributed by atoms with Crippen LogP contribution in [0.4, 0.5) is 24.5 Å². The molecule has 1 N–H and O–H groups in total. The Labute approximate surface area is 208 Å². The molecule has 0 aliphatic carbocycles. The standard InChI is InChI=1S/C25H29F3N4O.BrH/c1-3-30(4-2)20-12-10-19(11-13-20)29-23(33)17-32-22-16-18(25(26,27)28)9-14-21(22)31-15-7-5-6-8-24(31)32;/h9-14,16H,3-8,15,17H2,1-2H3;1H. The summed E-state index contributed by atoms with van der Waals surface area (Å²) >= 11 is 0. The third-order valence-corrected chi connectivity index (χ3v) is 6.37. The molecule has 0 atom stereocenters. The molecule has 4 rings (SSSR count). The van der Waals surface area contributed by atoms with Gasteiger partial charge in [0.1, 0.15) is 0 Å². The first-order valence-electron chi connectivity index (χ1n) is 11.6. The number of hydrogen-bond donors (Lipinski definition) is 1. The predicted molar refractivity (Wildman–Crippen MR) is 123 cm³/mol. The average Bonchev–Trinajstić information content (AvgIpc) is 2.93. The van der Waals surface area contributed by atoms with Gasteiger partial charge in [-0.2, -0.15) is 13.2 Å². The van der Waals surface area contributed by atoms with E-state index >= 15 is 0 Å². The van der Waals surface area contributed by atoms with E-state index in [2.05, 4.69) is 28.6 Å². The summed E-state index contributed by atoms with van der Waals surface area (Å²) in [4.78, 5) is 15.1. The van der Waals surface area contributed by atoms with Crippen molar-refractivity contribution in [2.75, 3.05) is 23.3 Å². The molecule has 0 fully saturated rings. The van der Waals surface area contributed by atoms with Crippen LogP contribution in [0.3, 0.4) is 0 Å². The van der Waals surface area contributed by atoms with Crippen molar-refractivity contribution in [3.63, 3.8) is 0 Å². The summed E-state index contributed by atoms with van der Waals surface area (Å²) in [6.07, 6.45) is -0.698. The number of carbonyl (C=O) groups is 1. The summed E-state index contributed by atoms with van der Waals surface area (Å²) in [5.74, 6) is 0.654. The van der Waals surface area contributed by atoms with Crippen LogP contribution in [0, 0.1) is 0 Å². The quantitative estimate of drug-likeness (QED) is 0.488. The molecule has 2 aromatic carbocycles. The molecule has 1 aliphatic heterocycles. The van der Waals surface area contributed by atoms with Crippen LogP contribution >= 0.6 is 0 Å². The lowest BCUT2D eigenvalue weighted by atomic mass is 10.2. The molecule has 0 saturated carbocycles. The highest BCUT2D eigenvalue weighted by atomic mass is 79.9. The largest absolute Gasteiger partial charge is 1.00 e. The Bertz CT molecular complexity index is 1140. The number of hydrogen-bond acceptors (Lipinski definition) is 2. The maximum Gasteiger partial charge on any atom is 0.416 e. The molecule has 0 radical (unpaired) electrons. The van der Waals surface area contributed by atoms with E-state index in [0.29, 0.717) is 11.2 Å². The Hall–Kier alpha value is -2.55. The summed E-state index contributed by atoms with van der Waals surface area (Å²) in [5, 5.41) is 2.90. The van der Waals surface area contributed by atoms with Crippen LogP contribution in [-0.4, -0.2) is 23.6 Å². The van der Waals surface area contributed by atoms with Gasteiger partial charge in [0.25, 0.3) is 11.7 Å². The Morgan fingerprint density at radius 1 is 1.06 bits per heavy atom. The molecule has 3 aromatic rings. The van der Waals surface area contributed by atoms with Crippen LogP contribution in [-0.2, 0) is 30.5 Å². The minimum absolute atomic E-state index is 0. The number of carbonyl (C=O) groups excluding carboxylic acids is 1. The Morgan fingerprint density at radius 3 is 2.41 bits per heavy atom. The van der Waals surface area contributed by atoms with Gasteiger partial charge in [-0.15, -0.1) is 0 Å². The number of aryl methyl sites for hydroxylation is 1. The van der Waals surface area contributed by atoms with Gasteiger partial charge in [0.05, 0.1) is 12.1 Å². The molecule has 0 saturated heterocycles. The first-order valence-corrected chi connectivity index (χ1v) is 11.6. The number of halogens is 4. The van der Waals surface area contributed by atoms with Crippen molar-refractivity contribution in [2.45, 2.75) is 58.8 Å². The van der Waals surface area contributed by atoms with Gasteiger partial charge in [-0.1, -0.05) is 0 Å². The van der Waals surface area contributed by atoms with Crippen LogP contribution in [0.2, 0.25) is 0 Å². The highest BCUT2D eigenvalue weighted by Gasteiger charge is 2.34. The number of fused-ring (bicyclic) bond motifs is 3. The Balaban J connectivity index is 0.00000324. The first-order chi connectivity index (χ1) is 15.8. The van der Waals surface area contributed by atoms with Gasteiger partial charge in [0.15, 0.2) is 17.6 Å². The molecule has 9 heteroatoms. The SMILES string of the molecule is CCN(CC)c1ccc(NC(=O)Cn2c3[n+](c4ccc(C(F)(F)F)cc42)CCCCC3)cc1.[Br-]. The smallest absolute Gasteiger partial charge is 0.416 e. The van der Waals surface area contributed by atoms with E-state index in [-0.39, 0.29) is 29.4 Å². The average molecular weight is 539 g/mol. The number of alkyl halides is 3. The van der Waals surface area contributed by atoms with Crippen LogP contribution in [0.1, 0.15) is 44.5 Å². The molecule has 1 aromatic heterocycles. The van der Waals surface area contributed by atoms with E-state index in [1.165, 1.54) is 12.1 Å². The maximum atomic E-state index is 13.4. The fraction of sp³-hybridized carbons (Fsp3) is 0.440. The van der Waals surface area contributed by atoms with E-state index in [1.54, 1.807) is 4.57 Å². The highest BCUT2D eigenvalue weighted by Crippen LogP contribution is 2.32. The number of amides is 1. The second-order valence-corrected chi connectivity index (χ2v) is 8.43. The molecule has 0 bridgehead atoms. The van der Waals surface area contributed by atoms with E-state index in [9.17, 15) is 18.0 Å². The van der Waals surface area contributed by atoms with Crippen molar-refractivity contribution in [3.05, 3.63) is 53.9 Å². The minimum atomic E-state index is -4.43. The molecular weight excluding hydrogens is 509 g/mol. The summed E-state index contributed by atoms with van der Waals surface area (Å²) < 4.78 is 44.0. The van der Waals surface area contributed by atoms with Crippen LogP contribution in [0.25, 0.3) is 11.0 Å². The number of anilines is 2. The van der Waals surface area contributed by atoms with Gasteiger partial charge in [-0.3, -0.25) is 4.79 Å². The van der Waals surface area contributed by atoms with Crippen molar-refractivity contribution in [2.24, 2.45) is 0 Å². The lowest BCUT2D eigenvalue weighted by molar-refractivity contribution is -0.678. The predicted octanol–water partition coefficient (Wildman–Crippen LogP) is 2.16. The van der Waals surface area contributed by atoms with Crippen molar-refractivity contribution in [3.8, 4) is 0 Å². The van der Waals surface area contributed by atoms with Crippen molar-refractivity contribution < 1.29 is 39.5 Å². The van der Waals surface area contributed by atoms with E-state index in [0.717, 1.165) is 68.4 Å². The van der Waals surface area contributed by atoms with Crippen molar-refractivity contribution in [1.82, 2.24) is 4.57 Å². The van der Waals surface area contributed by atoms with Gasteiger partial charge in [-0.25, -0.2) is 9.13 Å². The summed E-state index contributed by atoms with van der Waals surface area (Å²) in [7, 11) is 0. The monoisotopic (exact) mass is 538 g/mol. The van der Waals surface area contributed by atoms with Crippen LogP contribution < -0.4 is 31.8 Å². The van der Waals surface area contributed by atoms with Crippen molar-refractivity contribution in [1.29, 1.82) is 0 Å². The molecule has 184 valence electrons. The second-order valence-electron chi connectivity index (χ2n) is 8.43. The van der Waals surface area contributed by atoms with E-state index < -0.39 is 11.7 Å². The first kappa shape index (κ1) is 26.1. The number of nitrogens with zero attached hydrogens (tertiary/aromatic N) is 3. The lowest BCUT2D eigenvalue weighted by Crippen LogP contribution is -3.00. The Kier molecular flexibility index (Phi) is 8.28. The second kappa shape index (κ2) is 10.8. The number of nitrogens with one attached hydrogen (secondary N) is 1. The summed E-state index contributed by atoms with van der Waals surface area (Å²) in [6.45, 7) is 6.69. The molecule has 1 amide bonds. The number of benzene rings is 2. The molecule has 0 unspecified atom stereocenters. The third kappa shape index (κ3) is 5.40. The van der Waals surface area contributed by atoms with Gasteiger partial charge in [0.2, 0.25) is 0 Å². The van der Waals surface area contributed by atoms with Crippen molar-refractivity contribution >= 4 is 28.3 Å². The zero-order chi connectivity index (χ0) is 23.6.